The molecule has 26 heavy (non-hydrogen) atoms. The van der Waals surface area contributed by atoms with Gasteiger partial charge in [0.05, 0.1) is 22.1 Å². The van der Waals surface area contributed by atoms with E-state index in [1.165, 1.54) is 0 Å². The molecular formula is C17H18ClN3O3S2. The zero-order valence-corrected chi connectivity index (χ0v) is 16.4. The number of rotatable bonds is 4. The van der Waals surface area contributed by atoms with E-state index in [2.05, 4.69) is 15.8 Å². The number of hydrogen-bond donors (Lipinski definition) is 2. The van der Waals surface area contributed by atoms with Crippen molar-refractivity contribution in [1.82, 2.24) is 10.7 Å². The normalized spacial score (nSPS) is 19.3. The zero-order valence-electron chi connectivity index (χ0n) is 14.0. The van der Waals surface area contributed by atoms with Crippen LogP contribution in [0.1, 0.15) is 18.2 Å². The molecule has 0 saturated carbocycles. The maximum absolute atomic E-state index is 11.9. The molecule has 1 aliphatic rings. The molecule has 1 aromatic carbocycles. The predicted molar refractivity (Wildman–Crippen MR) is 106 cm³/mol. The third kappa shape index (κ3) is 4.84. The van der Waals surface area contributed by atoms with E-state index in [4.69, 9.17) is 11.6 Å². The van der Waals surface area contributed by atoms with Crippen LogP contribution in [0.4, 0.5) is 4.79 Å². The van der Waals surface area contributed by atoms with Gasteiger partial charge in [-0.15, -0.1) is 11.3 Å². The van der Waals surface area contributed by atoms with Gasteiger partial charge >= 0.3 is 6.03 Å². The fourth-order valence-corrected chi connectivity index (χ4v) is 5.37. The number of hydrazone groups is 1. The highest BCUT2D eigenvalue weighted by Crippen LogP contribution is 2.29. The molecule has 2 N–H and O–H groups in total. The lowest BCUT2D eigenvalue weighted by atomic mass is 10.2. The van der Waals surface area contributed by atoms with Crippen molar-refractivity contribution < 1.29 is 13.2 Å². The van der Waals surface area contributed by atoms with Crippen molar-refractivity contribution >= 4 is 44.5 Å². The summed E-state index contributed by atoms with van der Waals surface area (Å²) >= 11 is 7.47. The smallest absolute Gasteiger partial charge is 0.333 e. The Morgan fingerprint density at radius 2 is 1.96 bits per heavy atom. The highest BCUT2D eigenvalue weighted by atomic mass is 35.5. The van der Waals surface area contributed by atoms with Crippen LogP contribution >= 0.6 is 22.9 Å². The Bertz CT molecular complexity index is 936. The molecule has 138 valence electrons. The summed E-state index contributed by atoms with van der Waals surface area (Å²) in [4.78, 5) is 13.9. The van der Waals surface area contributed by atoms with E-state index >= 15 is 0 Å². The number of benzene rings is 1. The molecule has 2 aromatic rings. The number of halogens is 1. The molecule has 1 aliphatic heterocycles. The first-order valence-corrected chi connectivity index (χ1v) is 11.0. The van der Waals surface area contributed by atoms with Crippen molar-refractivity contribution in [2.75, 3.05) is 11.5 Å². The number of carbonyl (C=O) groups excluding carboxylic acids is 1. The van der Waals surface area contributed by atoms with Crippen LogP contribution in [-0.2, 0) is 9.84 Å². The zero-order chi connectivity index (χ0) is 18.7. The van der Waals surface area contributed by atoms with Gasteiger partial charge in [0.2, 0.25) is 0 Å². The molecule has 3 rings (SSSR count). The summed E-state index contributed by atoms with van der Waals surface area (Å²) < 4.78 is 22.8. The molecule has 0 bridgehead atoms. The van der Waals surface area contributed by atoms with Gasteiger partial charge in [0.25, 0.3) is 0 Å². The summed E-state index contributed by atoms with van der Waals surface area (Å²) in [6.45, 7) is 1.80. The summed E-state index contributed by atoms with van der Waals surface area (Å²) in [5.74, 6) is 0.0986. The van der Waals surface area contributed by atoms with E-state index in [-0.39, 0.29) is 17.5 Å². The monoisotopic (exact) mass is 411 g/mol. The Balaban J connectivity index is 1.59. The second kappa shape index (κ2) is 7.77. The molecular weight excluding hydrogens is 394 g/mol. The van der Waals surface area contributed by atoms with Crippen molar-refractivity contribution in [3.63, 3.8) is 0 Å². The van der Waals surface area contributed by atoms with Gasteiger partial charge in [-0.3, -0.25) is 0 Å². The first-order chi connectivity index (χ1) is 12.3. The number of urea groups is 1. The second-order valence-electron chi connectivity index (χ2n) is 6.05. The van der Waals surface area contributed by atoms with Crippen LogP contribution < -0.4 is 10.7 Å². The van der Waals surface area contributed by atoms with Crippen LogP contribution in [0.5, 0.6) is 0 Å². The van der Waals surface area contributed by atoms with E-state index < -0.39 is 15.9 Å². The fraction of sp³-hybridized carbons (Fsp3) is 0.294. The van der Waals surface area contributed by atoms with Gasteiger partial charge < -0.3 is 5.32 Å². The van der Waals surface area contributed by atoms with Gasteiger partial charge in [-0.1, -0.05) is 23.7 Å². The van der Waals surface area contributed by atoms with Crippen LogP contribution in [-0.4, -0.2) is 37.7 Å². The lowest BCUT2D eigenvalue weighted by molar-refractivity contribution is 0.238. The Kier molecular flexibility index (Phi) is 5.64. The average Bonchev–Trinajstić information content (AvgIpc) is 3.20. The van der Waals surface area contributed by atoms with Crippen molar-refractivity contribution in [2.45, 2.75) is 19.4 Å². The summed E-state index contributed by atoms with van der Waals surface area (Å²) in [5, 5.41) is 7.41. The van der Waals surface area contributed by atoms with Crippen LogP contribution in [0.15, 0.2) is 41.5 Å². The van der Waals surface area contributed by atoms with Crippen LogP contribution in [0.3, 0.4) is 0 Å². The molecule has 1 atom stereocenters. The summed E-state index contributed by atoms with van der Waals surface area (Å²) in [6.07, 6.45) is 0.438. The number of hydrogen-bond acceptors (Lipinski definition) is 5. The molecule has 0 aliphatic carbocycles. The van der Waals surface area contributed by atoms with E-state index in [0.29, 0.717) is 17.2 Å². The van der Waals surface area contributed by atoms with Crippen molar-refractivity contribution in [1.29, 1.82) is 0 Å². The summed E-state index contributed by atoms with van der Waals surface area (Å²) in [5.41, 5.74) is 4.16. The van der Waals surface area contributed by atoms with Crippen molar-refractivity contribution in [3.05, 3.63) is 46.3 Å². The molecule has 1 fully saturated rings. The first kappa shape index (κ1) is 18.9. The maximum atomic E-state index is 11.9. The molecule has 1 unspecified atom stereocenters. The minimum atomic E-state index is -3.03. The molecule has 2 amide bonds. The number of carbonyl (C=O) groups is 1. The van der Waals surface area contributed by atoms with E-state index in [0.717, 1.165) is 15.3 Å². The van der Waals surface area contributed by atoms with Gasteiger partial charge in [0, 0.05) is 15.9 Å². The number of nitrogens with zero attached hydrogens (tertiary/aromatic N) is 1. The largest absolute Gasteiger partial charge is 0.335 e. The Morgan fingerprint density at radius 3 is 2.62 bits per heavy atom. The van der Waals surface area contributed by atoms with Crippen LogP contribution in [0.25, 0.3) is 10.4 Å². The highest BCUT2D eigenvalue weighted by molar-refractivity contribution is 7.91. The highest BCUT2D eigenvalue weighted by Gasteiger charge is 2.28. The lowest BCUT2D eigenvalue weighted by Crippen LogP contribution is -2.41. The van der Waals surface area contributed by atoms with E-state index in [1.54, 1.807) is 18.3 Å². The molecule has 0 radical (unpaired) electrons. The Morgan fingerprint density at radius 1 is 1.23 bits per heavy atom. The number of amides is 2. The topological polar surface area (TPSA) is 87.6 Å². The molecule has 2 heterocycles. The van der Waals surface area contributed by atoms with Gasteiger partial charge in [-0.2, -0.15) is 5.10 Å². The molecule has 9 heteroatoms. The van der Waals surface area contributed by atoms with Crippen molar-refractivity contribution in [2.24, 2.45) is 5.10 Å². The predicted octanol–water partition coefficient (Wildman–Crippen LogP) is 3.28. The Hall–Kier alpha value is -1.90. The van der Waals surface area contributed by atoms with E-state index in [9.17, 15) is 13.2 Å². The maximum Gasteiger partial charge on any atom is 0.335 e. The number of sulfone groups is 1. The molecule has 1 saturated heterocycles. The first-order valence-electron chi connectivity index (χ1n) is 8.00. The average molecular weight is 412 g/mol. The minimum Gasteiger partial charge on any atom is -0.333 e. The van der Waals surface area contributed by atoms with Gasteiger partial charge in [0.15, 0.2) is 9.84 Å². The third-order valence-corrected chi connectivity index (χ3v) is 7.25. The fourth-order valence-electron chi connectivity index (χ4n) is 2.62. The number of thiophene rings is 1. The number of nitrogens with one attached hydrogen (secondary N) is 2. The molecule has 6 nitrogen and oxygen atoms in total. The van der Waals surface area contributed by atoms with E-state index in [1.807, 2.05) is 36.4 Å². The quantitative estimate of drug-likeness (QED) is 0.597. The Labute approximate surface area is 161 Å². The molecule has 0 spiro atoms. The second-order valence-corrected chi connectivity index (χ2v) is 9.80. The van der Waals surface area contributed by atoms with Gasteiger partial charge in [0.1, 0.15) is 0 Å². The van der Waals surface area contributed by atoms with Crippen LogP contribution in [0.2, 0.25) is 5.02 Å². The summed E-state index contributed by atoms with van der Waals surface area (Å²) in [6, 6.07) is 10.7. The summed E-state index contributed by atoms with van der Waals surface area (Å²) in [7, 11) is -3.03. The van der Waals surface area contributed by atoms with Crippen molar-refractivity contribution in [3.8, 4) is 10.4 Å². The lowest BCUT2D eigenvalue weighted by Gasteiger charge is -2.09. The van der Waals surface area contributed by atoms with Crippen LogP contribution in [0, 0.1) is 0 Å². The third-order valence-electron chi connectivity index (χ3n) is 3.98. The SMILES string of the molecule is C/C(=N\NC(=O)NC1CCS(=O)(=O)C1)c1ccc(-c2ccc(Cl)cc2)s1. The minimum absolute atomic E-state index is 0.0154. The van der Waals surface area contributed by atoms with Gasteiger partial charge in [-0.05, 0) is 43.2 Å². The van der Waals surface area contributed by atoms with Gasteiger partial charge in [-0.25, -0.2) is 18.6 Å². The standard InChI is InChI=1S/C17H18ClN3O3S2/c1-11(20-21-17(22)19-14-8-9-26(23,24)10-14)15-6-7-16(25-15)12-2-4-13(18)5-3-12/h2-7,14H,8-10H2,1H3,(H2,19,21,22)/b20-11+. The molecule has 1 aromatic heterocycles.